The Morgan fingerprint density at radius 3 is 2.50 bits per heavy atom. The maximum atomic E-state index is 5.27. The molecule has 1 aliphatic rings. The number of nitrogens with zero attached hydrogens (tertiary/aromatic N) is 5. The lowest BCUT2D eigenvalue weighted by molar-refractivity contribution is 0.247. The molecule has 0 radical (unpaired) electrons. The number of aromatic nitrogens is 3. The molecule has 24 heavy (non-hydrogen) atoms. The number of nitrogens with one attached hydrogen (secondary N) is 1. The van der Waals surface area contributed by atoms with E-state index in [1.54, 1.807) is 0 Å². The van der Waals surface area contributed by atoms with E-state index in [0.717, 1.165) is 62.2 Å². The SMILES string of the molecule is CCNc1nc(C)cc(N2CCN(Cc3c(C)noc3C)CC2)n1. The molecule has 7 nitrogen and oxygen atoms in total. The first kappa shape index (κ1) is 16.7. The molecule has 1 N–H and O–H groups in total. The van der Waals surface area contributed by atoms with E-state index >= 15 is 0 Å². The number of piperazine rings is 1. The second-order valence-corrected chi connectivity index (χ2v) is 6.29. The van der Waals surface area contributed by atoms with Crippen LogP contribution in [0.3, 0.4) is 0 Å². The Labute approximate surface area is 143 Å². The standard InChI is InChI=1S/C17H26N6O/c1-5-18-17-19-12(2)10-16(20-17)23-8-6-22(7-9-23)11-15-13(3)21-24-14(15)4/h10H,5-9,11H2,1-4H3,(H,18,19,20). The minimum absolute atomic E-state index is 0.714. The Balaban J connectivity index is 1.63. The predicted octanol–water partition coefficient (Wildman–Crippen LogP) is 2.14. The van der Waals surface area contributed by atoms with Gasteiger partial charge in [-0.15, -0.1) is 0 Å². The number of hydrogen-bond acceptors (Lipinski definition) is 7. The summed E-state index contributed by atoms with van der Waals surface area (Å²) in [5.41, 5.74) is 3.21. The molecule has 0 bridgehead atoms. The molecule has 0 aromatic carbocycles. The largest absolute Gasteiger partial charge is 0.361 e. The summed E-state index contributed by atoms with van der Waals surface area (Å²) < 4.78 is 5.27. The van der Waals surface area contributed by atoms with Gasteiger partial charge in [0.2, 0.25) is 5.95 Å². The van der Waals surface area contributed by atoms with Gasteiger partial charge in [0.1, 0.15) is 11.6 Å². The van der Waals surface area contributed by atoms with Gasteiger partial charge in [0.05, 0.1) is 5.69 Å². The van der Waals surface area contributed by atoms with Crippen molar-refractivity contribution in [1.29, 1.82) is 0 Å². The first-order valence-electron chi connectivity index (χ1n) is 8.55. The van der Waals surface area contributed by atoms with Crippen LogP contribution in [0, 0.1) is 20.8 Å². The molecule has 3 heterocycles. The number of hydrogen-bond donors (Lipinski definition) is 1. The molecule has 1 aliphatic heterocycles. The molecule has 130 valence electrons. The van der Waals surface area contributed by atoms with Crippen LogP contribution in [-0.2, 0) is 6.54 Å². The van der Waals surface area contributed by atoms with Crippen molar-refractivity contribution < 1.29 is 4.52 Å². The van der Waals surface area contributed by atoms with Crippen molar-refractivity contribution >= 4 is 11.8 Å². The highest BCUT2D eigenvalue weighted by atomic mass is 16.5. The fraction of sp³-hybridized carbons (Fsp3) is 0.588. The van der Waals surface area contributed by atoms with E-state index in [2.05, 4.69) is 43.2 Å². The smallest absolute Gasteiger partial charge is 0.224 e. The lowest BCUT2D eigenvalue weighted by atomic mass is 10.2. The van der Waals surface area contributed by atoms with E-state index in [-0.39, 0.29) is 0 Å². The molecule has 3 rings (SSSR count). The highest BCUT2D eigenvalue weighted by molar-refractivity contribution is 5.45. The topological polar surface area (TPSA) is 70.3 Å². The third-order valence-electron chi connectivity index (χ3n) is 4.43. The second-order valence-electron chi connectivity index (χ2n) is 6.29. The van der Waals surface area contributed by atoms with Crippen LogP contribution in [0.25, 0.3) is 0 Å². The third kappa shape index (κ3) is 3.67. The van der Waals surface area contributed by atoms with E-state index in [9.17, 15) is 0 Å². The first-order chi connectivity index (χ1) is 11.6. The van der Waals surface area contributed by atoms with Gasteiger partial charge in [0.15, 0.2) is 0 Å². The molecule has 1 fully saturated rings. The second kappa shape index (κ2) is 7.17. The molecule has 2 aromatic rings. The van der Waals surface area contributed by atoms with Crippen LogP contribution in [-0.4, -0.2) is 52.7 Å². The molecule has 0 spiro atoms. The average Bonchev–Trinajstić information content (AvgIpc) is 2.87. The summed E-state index contributed by atoms with van der Waals surface area (Å²) >= 11 is 0. The minimum atomic E-state index is 0.714. The highest BCUT2D eigenvalue weighted by Gasteiger charge is 2.21. The summed E-state index contributed by atoms with van der Waals surface area (Å²) in [5, 5.41) is 7.25. The van der Waals surface area contributed by atoms with Crippen LogP contribution in [0.2, 0.25) is 0 Å². The third-order valence-corrected chi connectivity index (χ3v) is 4.43. The summed E-state index contributed by atoms with van der Waals surface area (Å²) in [6, 6.07) is 2.06. The van der Waals surface area contributed by atoms with Crippen molar-refractivity contribution in [2.75, 3.05) is 42.9 Å². The lowest BCUT2D eigenvalue weighted by Gasteiger charge is -2.35. The fourth-order valence-electron chi connectivity index (χ4n) is 3.04. The van der Waals surface area contributed by atoms with Gasteiger partial charge in [-0.3, -0.25) is 4.90 Å². The van der Waals surface area contributed by atoms with Crippen molar-refractivity contribution in [2.24, 2.45) is 0 Å². The van der Waals surface area contributed by atoms with Crippen LogP contribution in [0.5, 0.6) is 0 Å². The Morgan fingerprint density at radius 2 is 1.88 bits per heavy atom. The Bertz CT molecular complexity index is 671. The zero-order valence-electron chi connectivity index (χ0n) is 15.0. The first-order valence-corrected chi connectivity index (χ1v) is 8.55. The molecule has 0 atom stereocenters. The van der Waals surface area contributed by atoms with Gasteiger partial charge in [-0.05, 0) is 27.7 Å². The molecule has 7 heteroatoms. The maximum absolute atomic E-state index is 5.27. The van der Waals surface area contributed by atoms with Crippen LogP contribution in [0.4, 0.5) is 11.8 Å². The quantitative estimate of drug-likeness (QED) is 0.900. The summed E-state index contributed by atoms with van der Waals surface area (Å²) in [4.78, 5) is 13.8. The molecular weight excluding hydrogens is 304 g/mol. The molecule has 1 saturated heterocycles. The normalized spacial score (nSPS) is 15.8. The minimum Gasteiger partial charge on any atom is -0.361 e. The zero-order chi connectivity index (χ0) is 17.1. The zero-order valence-corrected chi connectivity index (χ0v) is 15.0. The van der Waals surface area contributed by atoms with Crippen molar-refractivity contribution in [2.45, 2.75) is 34.2 Å². The van der Waals surface area contributed by atoms with E-state index in [4.69, 9.17) is 4.52 Å². The monoisotopic (exact) mass is 330 g/mol. The summed E-state index contributed by atoms with van der Waals surface area (Å²) in [6.45, 7) is 13.7. The van der Waals surface area contributed by atoms with E-state index in [1.165, 1.54) is 5.56 Å². The van der Waals surface area contributed by atoms with Gasteiger partial charge in [-0.25, -0.2) is 4.98 Å². The fourth-order valence-corrected chi connectivity index (χ4v) is 3.04. The summed E-state index contributed by atoms with van der Waals surface area (Å²) in [5.74, 6) is 2.65. The molecule has 0 amide bonds. The Kier molecular flexibility index (Phi) is 4.99. The van der Waals surface area contributed by atoms with Crippen molar-refractivity contribution in [3.63, 3.8) is 0 Å². The predicted molar refractivity (Wildman–Crippen MR) is 94.4 cm³/mol. The lowest BCUT2D eigenvalue weighted by Crippen LogP contribution is -2.46. The van der Waals surface area contributed by atoms with Crippen molar-refractivity contribution in [1.82, 2.24) is 20.0 Å². The van der Waals surface area contributed by atoms with Crippen LogP contribution in [0.15, 0.2) is 10.6 Å². The number of aryl methyl sites for hydroxylation is 3. The highest BCUT2D eigenvalue weighted by Crippen LogP contribution is 2.19. The number of rotatable bonds is 5. The van der Waals surface area contributed by atoms with Crippen molar-refractivity contribution in [3.05, 3.63) is 28.8 Å². The average molecular weight is 330 g/mol. The maximum Gasteiger partial charge on any atom is 0.224 e. The van der Waals surface area contributed by atoms with E-state index < -0.39 is 0 Å². The van der Waals surface area contributed by atoms with E-state index in [0.29, 0.717) is 5.95 Å². The summed E-state index contributed by atoms with van der Waals surface area (Å²) in [6.07, 6.45) is 0. The molecule has 0 saturated carbocycles. The van der Waals surface area contributed by atoms with Gasteiger partial charge in [-0.1, -0.05) is 5.16 Å². The molecular formula is C17H26N6O. The van der Waals surface area contributed by atoms with Crippen molar-refractivity contribution in [3.8, 4) is 0 Å². The molecule has 2 aromatic heterocycles. The van der Waals surface area contributed by atoms with Gasteiger partial charge in [0, 0.05) is 56.6 Å². The summed E-state index contributed by atoms with van der Waals surface area (Å²) in [7, 11) is 0. The molecule has 0 aliphatic carbocycles. The van der Waals surface area contributed by atoms with Crippen LogP contribution < -0.4 is 10.2 Å². The van der Waals surface area contributed by atoms with Gasteiger partial charge in [-0.2, -0.15) is 4.98 Å². The molecule has 0 unspecified atom stereocenters. The van der Waals surface area contributed by atoms with E-state index in [1.807, 2.05) is 20.8 Å². The Hall–Kier alpha value is -2.15. The Morgan fingerprint density at radius 1 is 1.12 bits per heavy atom. The number of anilines is 2. The van der Waals surface area contributed by atoms with Gasteiger partial charge >= 0.3 is 0 Å². The van der Waals surface area contributed by atoms with Gasteiger partial charge < -0.3 is 14.7 Å². The van der Waals surface area contributed by atoms with Crippen LogP contribution in [0.1, 0.15) is 29.6 Å². The van der Waals surface area contributed by atoms with Gasteiger partial charge in [0.25, 0.3) is 0 Å². The van der Waals surface area contributed by atoms with Crippen LogP contribution >= 0.6 is 0 Å².